The lowest BCUT2D eigenvalue weighted by molar-refractivity contribution is 0.639. The summed E-state index contributed by atoms with van der Waals surface area (Å²) in [5.41, 5.74) is 2.68. The molecule has 1 heterocycles. The van der Waals surface area contributed by atoms with E-state index in [4.69, 9.17) is 0 Å². The van der Waals surface area contributed by atoms with E-state index in [1.807, 2.05) is 0 Å². The maximum Gasteiger partial charge on any atom is 0.0630 e. The van der Waals surface area contributed by atoms with Crippen LogP contribution in [0.2, 0.25) is 0 Å². The molecule has 0 spiro atoms. The molecule has 0 saturated carbocycles. The van der Waals surface area contributed by atoms with Crippen molar-refractivity contribution < 1.29 is 0 Å². The molecule has 1 aliphatic heterocycles. The van der Waals surface area contributed by atoms with E-state index in [-0.39, 0.29) is 0 Å². The van der Waals surface area contributed by atoms with E-state index in [0.717, 1.165) is 19.6 Å². The fourth-order valence-electron chi connectivity index (χ4n) is 1.67. The van der Waals surface area contributed by atoms with Crippen molar-refractivity contribution in [3.8, 4) is 0 Å². The average Bonchev–Trinajstić information content (AvgIpc) is 2.20. The number of para-hydroxylation sites is 1. The number of hydrogen-bond donors (Lipinski definition) is 1. The van der Waals surface area contributed by atoms with E-state index in [1.165, 1.54) is 11.3 Å². The molecule has 1 fully saturated rings. The van der Waals surface area contributed by atoms with Gasteiger partial charge in [-0.2, -0.15) is 0 Å². The molecule has 1 saturated heterocycles. The van der Waals surface area contributed by atoms with Crippen molar-refractivity contribution in [2.75, 3.05) is 24.5 Å². The van der Waals surface area contributed by atoms with Gasteiger partial charge in [0.15, 0.2) is 0 Å². The molecule has 1 N–H and O–H groups in total. The molecule has 13 heavy (non-hydrogen) atoms. The van der Waals surface area contributed by atoms with Gasteiger partial charge in [0.25, 0.3) is 0 Å². The minimum absolute atomic E-state index is 0.980. The van der Waals surface area contributed by atoms with Crippen LogP contribution < -0.4 is 10.2 Å². The summed E-state index contributed by atoms with van der Waals surface area (Å²) in [6, 6.07) is 8.52. The highest BCUT2D eigenvalue weighted by Crippen LogP contribution is 2.20. The molecule has 0 unspecified atom stereocenters. The van der Waals surface area contributed by atoms with Crippen molar-refractivity contribution in [1.82, 2.24) is 5.32 Å². The standard InChI is InChI=1S/C11H15N2/c1-10-4-2-3-5-11(10)13-8-6-12-7-9-13/h2-5,8,12H,6-7,9H2,1H3. The van der Waals surface area contributed by atoms with Crippen molar-refractivity contribution in [2.24, 2.45) is 0 Å². The van der Waals surface area contributed by atoms with E-state index >= 15 is 0 Å². The topological polar surface area (TPSA) is 15.3 Å². The molecule has 0 amide bonds. The second-order valence-corrected chi connectivity index (χ2v) is 3.37. The number of hydrogen-bond acceptors (Lipinski definition) is 2. The summed E-state index contributed by atoms with van der Waals surface area (Å²) in [7, 11) is 0. The Kier molecular flexibility index (Phi) is 2.50. The first-order valence-electron chi connectivity index (χ1n) is 4.74. The number of anilines is 1. The largest absolute Gasteiger partial charge is 0.364 e. The van der Waals surface area contributed by atoms with E-state index in [2.05, 4.69) is 48.0 Å². The van der Waals surface area contributed by atoms with Crippen LogP contribution in [0.5, 0.6) is 0 Å². The lowest BCUT2D eigenvalue weighted by Gasteiger charge is -2.30. The van der Waals surface area contributed by atoms with E-state index < -0.39 is 0 Å². The summed E-state index contributed by atoms with van der Waals surface area (Å²) in [5.74, 6) is 0. The molecule has 69 valence electrons. The molecule has 0 bridgehead atoms. The number of aryl methyl sites for hydroxylation is 1. The molecule has 0 atom stereocenters. The van der Waals surface area contributed by atoms with E-state index in [0.29, 0.717) is 0 Å². The van der Waals surface area contributed by atoms with Crippen LogP contribution in [0.25, 0.3) is 0 Å². The third kappa shape index (κ3) is 1.83. The van der Waals surface area contributed by atoms with Gasteiger partial charge >= 0.3 is 0 Å². The molecular weight excluding hydrogens is 160 g/mol. The number of benzene rings is 1. The molecule has 1 aliphatic rings. The lowest BCUT2D eigenvalue weighted by Crippen LogP contribution is -2.40. The second-order valence-electron chi connectivity index (χ2n) is 3.37. The van der Waals surface area contributed by atoms with Gasteiger partial charge in [0.05, 0.1) is 6.54 Å². The predicted molar refractivity (Wildman–Crippen MR) is 55.7 cm³/mol. The SMILES string of the molecule is Cc1ccccc1N1[CH]CNCC1. The van der Waals surface area contributed by atoms with Crippen LogP contribution in [0.4, 0.5) is 5.69 Å². The first-order valence-corrected chi connectivity index (χ1v) is 4.74. The van der Waals surface area contributed by atoms with Gasteiger partial charge in [0, 0.05) is 25.3 Å². The molecule has 1 aromatic carbocycles. The Hall–Kier alpha value is -1.02. The highest BCUT2D eigenvalue weighted by molar-refractivity contribution is 5.54. The van der Waals surface area contributed by atoms with Gasteiger partial charge < -0.3 is 10.2 Å². The van der Waals surface area contributed by atoms with Crippen molar-refractivity contribution >= 4 is 5.69 Å². The Morgan fingerprint density at radius 1 is 1.31 bits per heavy atom. The van der Waals surface area contributed by atoms with Crippen LogP contribution in [-0.2, 0) is 0 Å². The number of rotatable bonds is 1. The predicted octanol–water partition coefficient (Wildman–Crippen LogP) is 1.57. The number of nitrogens with one attached hydrogen (secondary N) is 1. The van der Waals surface area contributed by atoms with Gasteiger partial charge in [-0.25, -0.2) is 0 Å². The highest BCUT2D eigenvalue weighted by atomic mass is 15.2. The molecule has 1 radical (unpaired) electrons. The van der Waals surface area contributed by atoms with Gasteiger partial charge in [-0.15, -0.1) is 0 Å². The summed E-state index contributed by atoms with van der Waals surface area (Å²) < 4.78 is 0. The molecule has 0 aromatic heterocycles. The monoisotopic (exact) mass is 175 g/mol. The number of nitrogens with zero attached hydrogens (tertiary/aromatic N) is 1. The van der Waals surface area contributed by atoms with Gasteiger partial charge in [0.2, 0.25) is 0 Å². The maximum absolute atomic E-state index is 3.31. The minimum atomic E-state index is 0.980. The zero-order valence-corrected chi connectivity index (χ0v) is 7.96. The third-order valence-corrected chi connectivity index (χ3v) is 2.41. The molecular formula is C11H15N2. The normalized spacial score (nSPS) is 17.5. The van der Waals surface area contributed by atoms with Crippen LogP contribution in [-0.4, -0.2) is 19.6 Å². The molecule has 0 aliphatic carbocycles. The smallest absolute Gasteiger partial charge is 0.0630 e. The van der Waals surface area contributed by atoms with E-state index in [9.17, 15) is 0 Å². The van der Waals surface area contributed by atoms with Crippen molar-refractivity contribution in [3.63, 3.8) is 0 Å². The zero-order valence-electron chi connectivity index (χ0n) is 7.96. The van der Waals surface area contributed by atoms with Gasteiger partial charge in [-0.1, -0.05) is 18.2 Å². The minimum Gasteiger partial charge on any atom is -0.364 e. The number of piperazine rings is 1. The van der Waals surface area contributed by atoms with E-state index in [1.54, 1.807) is 0 Å². The maximum atomic E-state index is 3.31. The van der Waals surface area contributed by atoms with Crippen LogP contribution >= 0.6 is 0 Å². The van der Waals surface area contributed by atoms with Gasteiger partial charge in [-0.05, 0) is 18.6 Å². The fraction of sp³-hybridized carbons (Fsp3) is 0.364. The second kappa shape index (κ2) is 3.79. The summed E-state index contributed by atoms with van der Waals surface area (Å²) in [4.78, 5) is 2.33. The Morgan fingerprint density at radius 3 is 2.85 bits per heavy atom. The Bertz CT molecular complexity index is 277. The quantitative estimate of drug-likeness (QED) is 0.697. The van der Waals surface area contributed by atoms with Crippen molar-refractivity contribution in [1.29, 1.82) is 0 Å². The van der Waals surface area contributed by atoms with Crippen LogP contribution in [0, 0.1) is 13.5 Å². The Balaban J connectivity index is 2.18. The van der Waals surface area contributed by atoms with Crippen LogP contribution in [0.1, 0.15) is 5.56 Å². The third-order valence-electron chi connectivity index (χ3n) is 2.41. The Labute approximate surface area is 79.6 Å². The Morgan fingerprint density at radius 2 is 2.15 bits per heavy atom. The van der Waals surface area contributed by atoms with Crippen molar-refractivity contribution in [3.05, 3.63) is 36.4 Å². The molecule has 2 rings (SSSR count). The molecule has 2 nitrogen and oxygen atoms in total. The van der Waals surface area contributed by atoms with Crippen LogP contribution in [0.15, 0.2) is 24.3 Å². The first-order chi connectivity index (χ1) is 6.38. The van der Waals surface area contributed by atoms with Crippen molar-refractivity contribution in [2.45, 2.75) is 6.92 Å². The summed E-state index contributed by atoms with van der Waals surface area (Å²) >= 11 is 0. The van der Waals surface area contributed by atoms with Gasteiger partial charge in [0.1, 0.15) is 0 Å². The molecule has 2 heteroatoms. The first kappa shape index (κ1) is 8.57. The van der Waals surface area contributed by atoms with Gasteiger partial charge in [-0.3, -0.25) is 0 Å². The molecule has 1 aromatic rings. The lowest BCUT2D eigenvalue weighted by atomic mass is 10.1. The fourth-order valence-corrected chi connectivity index (χ4v) is 1.67. The highest BCUT2D eigenvalue weighted by Gasteiger charge is 2.11. The average molecular weight is 175 g/mol. The zero-order chi connectivity index (χ0) is 9.10. The summed E-state index contributed by atoms with van der Waals surface area (Å²) in [5, 5.41) is 3.31. The summed E-state index contributed by atoms with van der Waals surface area (Å²) in [6.45, 7) is 7.50. The van der Waals surface area contributed by atoms with Crippen LogP contribution in [0.3, 0.4) is 0 Å². The summed E-state index contributed by atoms with van der Waals surface area (Å²) in [6.07, 6.45) is 0.